The van der Waals surface area contributed by atoms with Crippen LogP contribution in [0.25, 0.3) is 0 Å². The summed E-state index contributed by atoms with van der Waals surface area (Å²) in [5.41, 5.74) is 10.6. The van der Waals surface area contributed by atoms with E-state index >= 15 is 0 Å². The predicted octanol–water partition coefficient (Wildman–Crippen LogP) is 1.82. The SMILES string of the molecule is Cc1ccc(N)c2c1CN(C)C(C)CN2. The summed E-state index contributed by atoms with van der Waals surface area (Å²) >= 11 is 0. The Balaban J connectivity index is 2.46. The van der Waals surface area contributed by atoms with Gasteiger partial charge in [-0.05, 0) is 38.1 Å². The molecule has 0 aromatic heterocycles. The summed E-state index contributed by atoms with van der Waals surface area (Å²) in [6.45, 7) is 6.30. The third-order valence-electron chi connectivity index (χ3n) is 3.31. The normalized spacial score (nSPS) is 21.7. The standard InChI is InChI=1S/C12H19N3/c1-8-4-5-11(13)12-10(8)7-15(3)9(2)6-14-12/h4-5,9,14H,6-7,13H2,1-3H3. The summed E-state index contributed by atoms with van der Waals surface area (Å²) in [7, 11) is 2.16. The van der Waals surface area contributed by atoms with Crippen molar-refractivity contribution < 1.29 is 0 Å². The number of nitrogens with two attached hydrogens (primary N) is 1. The minimum Gasteiger partial charge on any atom is -0.397 e. The molecule has 0 bridgehead atoms. The summed E-state index contributed by atoms with van der Waals surface area (Å²) in [5, 5.41) is 3.45. The molecule has 3 N–H and O–H groups in total. The highest BCUT2D eigenvalue weighted by atomic mass is 15.2. The summed E-state index contributed by atoms with van der Waals surface area (Å²) in [6.07, 6.45) is 0. The Kier molecular flexibility index (Phi) is 2.57. The lowest BCUT2D eigenvalue weighted by molar-refractivity contribution is 0.264. The quantitative estimate of drug-likeness (QED) is 0.635. The van der Waals surface area contributed by atoms with E-state index in [0.29, 0.717) is 6.04 Å². The van der Waals surface area contributed by atoms with E-state index < -0.39 is 0 Å². The molecule has 2 rings (SSSR count). The lowest BCUT2D eigenvalue weighted by Crippen LogP contribution is -2.31. The number of anilines is 2. The lowest BCUT2D eigenvalue weighted by atomic mass is 10.0. The molecule has 0 radical (unpaired) electrons. The molecule has 82 valence electrons. The molecule has 1 aliphatic rings. The number of fused-ring (bicyclic) bond motifs is 1. The third kappa shape index (κ3) is 1.79. The average Bonchev–Trinajstić information content (AvgIpc) is 2.35. The Morgan fingerprint density at radius 2 is 2.20 bits per heavy atom. The molecule has 0 saturated carbocycles. The number of nitrogens with one attached hydrogen (secondary N) is 1. The molecule has 1 aliphatic heterocycles. The fraction of sp³-hybridized carbons (Fsp3) is 0.500. The van der Waals surface area contributed by atoms with E-state index in [-0.39, 0.29) is 0 Å². The predicted molar refractivity (Wildman–Crippen MR) is 65.0 cm³/mol. The second kappa shape index (κ2) is 3.74. The number of hydrogen-bond acceptors (Lipinski definition) is 3. The zero-order valence-corrected chi connectivity index (χ0v) is 9.67. The molecular formula is C12H19N3. The van der Waals surface area contributed by atoms with Crippen LogP contribution in [0.5, 0.6) is 0 Å². The smallest absolute Gasteiger partial charge is 0.0622 e. The Labute approximate surface area is 91.3 Å². The fourth-order valence-electron chi connectivity index (χ4n) is 1.99. The van der Waals surface area contributed by atoms with Crippen molar-refractivity contribution in [3.63, 3.8) is 0 Å². The molecule has 1 heterocycles. The number of benzene rings is 1. The van der Waals surface area contributed by atoms with Gasteiger partial charge in [0.2, 0.25) is 0 Å². The Bertz CT molecular complexity index is 373. The highest BCUT2D eigenvalue weighted by molar-refractivity contribution is 5.72. The van der Waals surface area contributed by atoms with Gasteiger partial charge in [-0.15, -0.1) is 0 Å². The van der Waals surface area contributed by atoms with Crippen molar-refractivity contribution in [2.24, 2.45) is 0 Å². The highest BCUT2D eigenvalue weighted by Crippen LogP contribution is 2.30. The van der Waals surface area contributed by atoms with Gasteiger partial charge in [-0.2, -0.15) is 0 Å². The van der Waals surface area contributed by atoms with Crippen LogP contribution in [0, 0.1) is 6.92 Å². The number of aryl methyl sites for hydroxylation is 1. The molecule has 1 aromatic rings. The van der Waals surface area contributed by atoms with Gasteiger partial charge in [0.1, 0.15) is 0 Å². The maximum absolute atomic E-state index is 5.99. The minimum absolute atomic E-state index is 0.538. The van der Waals surface area contributed by atoms with E-state index in [1.54, 1.807) is 0 Å². The van der Waals surface area contributed by atoms with Gasteiger partial charge in [0.05, 0.1) is 11.4 Å². The van der Waals surface area contributed by atoms with Crippen LogP contribution in [0.4, 0.5) is 11.4 Å². The molecule has 0 saturated heterocycles. The number of nitrogens with zero attached hydrogens (tertiary/aromatic N) is 1. The van der Waals surface area contributed by atoms with Gasteiger partial charge in [-0.3, -0.25) is 4.90 Å². The minimum atomic E-state index is 0.538. The van der Waals surface area contributed by atoms with E-state index in [1.807, 2.05) is 6.07 Å². The first-order valence-electron chi connectivity index (χ1n) is 5.41. The summed E-state index contributed by atoms with van der Waals surface area (Å²) in [5.74, 6) is 0. The maximum atomic E-state index is 5.99. The van der Waals surface area contributed by atoms with Crippen molar-refractivity contribution in [3.05, 3.63) is 23.3 Å². The molecular weight excluding hydrogens is 186 g/mol. The van der Waals surface area contributed by atoms with Crippen LogP contribution in [0.2, 0.25) is 0 Å². The first-order valence-corrected chi connectivity index (χ1v) is 5.41. The monoisotopic (exact) mass is 205 g/mol. The van der Waals surface area contributed by atoms with Crippen LogP contribution < -0.4 is 11.1 Å². The van der Waals surface area contributed by atoms with Crippen molar-refractivity contribution in [2.75, 3.05) is 24.6 Å². The van der Waals surface area contributed by atoms with E-state index in [9.17, 15) is 0 Å². The third-order valence-corrected chi connectivity index (χ3v) is 3.31. The number of likely N-dealkylation sites (N-methyl/N-ethyl adjacent to an activating group) is 1. The molecule has 1 aromatic carbocycles. The average molecular weight is 205 g/mol. The van der Waals surface area contributed by atoms with Gasteiger partial charge in [0.25, 0.3) is 0 Å². The van der Waals surface area contributed by atoms with Crippen LogP contribution >= 0.6 is 0 Å². The van der Waals surface area contributed by atoms with Gasteiger partial charge < -0.3 is 11.1 Å². The van der Waals surface area contributed by atoms with Crippen LogP contribution in [-0.4, -0.2) is 24.5 Å². The Morgan fingerprint density at radius 1 is 1.47 bits per heavy atom. The summed E-state index contributed by atoms with van der Waals surface area (Å²) < 4.78 is 0. The van der Waals surface area contributed by atoms with Gasteiger partial charge in [-0.1, -0.05) is 6.07 Å². The highest BCUT2D eigenvalue weighted by Gasteiger charge is 2.19. The van der Waals surface area contributed by atoms with Crippen LogP contribution in [0.1, 0.15) is 18.1 Å². The van der Waals surface area contributed by atoms with Crippen molar-refractivity contribution in [3.8, 4) is 0 Å². The van der Waals surface area contributed by atoms with Crippen LogP contribution in [0.3, 0.4) is 0 Å². The number of nitrogen functional groups attached to an aromatic ring is 1. The molecule has 0 fully saturated rings. The molecule has 3 heteroatoms. The molecule has 1 unspecified atom stereocenters. The number of hydrogen-bond donors (Lipinski definition) is 2. The van der Waals surface area contributed by atoms with Crippen LogP contribution in [0.15, 0.2) is 12.1 Å². The van der Waals surface area contributed by atoms with Crippen molar-refractivity contribution in [2.45, 2.75) is 26.4 Å². The van der Waals surface area contributed by atoms with Crippen molar-refractivity contribution >= 4 is 11.4 Å². The zero-order valence-electron chi connectivity index (χ0n) is 9.67. The fourth-order valence-corrected chi connectivity index (χ4v) is 1.99. The molecule has 0 amide bonds. The lowest BCUT2D eigenvalue weighted by Gasteiger charge is -2.21. The van der Waals surface area contributed by atoms with Gasteiger partial charge in [0, 0.05) is 19.1 Å². The van der Waals surface area contributed by atoms with E-state index in [2.05, 4.69) is 37.2 Å². The van der Waals surface area contributed by atoms with E-state index in [4.69, 9.17) is 5.73 Å². The van der Waals surface area contributed by atoms with Gasteiger partial charge in [0.15, 0.2) is 0 Å². The molecule has 0 aliphatic carbocycles. The van der Waals surface area contributed by atoms with E-state index in [0.717, 1.165) is 24.5 Å². The topological polar surface area (TPSA) is 41.3 Å². The van der Waals surface area contributed by atoms with Crippen molar-refractivity contribution in [1.82, 2.24) is 4.90 Å². The summed E-state index contributed by atoms with van der Waals surface area (Å²) in [6, 6.07) is 4.62. The van der Waals surface area contributed by atoms with Gasteiger partial charge in [-0.25, -0.2) is 0 Å². The zero-order chi connectivity index (χ0) is 11.0. The van der Waals surface area contributed by atoms with Gasteiger partial charge >= 0.3 is 0 Å². The largest absolute Gasteiger partial charge is 0.397 e. The van der Waals surface area contributed by atoms with Crippen LogP contribution in [-0.2, 0) is 6.54 Å². The molecule has 3 nitrogen and oxygen atoms in total. The molecule has 15 heavy (non-hydrogen) atoms. The Hall–Kier alpha value is -1.22. The maximum Gasteiger partial charge on any atom is 0.0622 e. The second-order valence-corrected chi connectivity index (χ2v) is 4.47. The summed E-state index contributed by atoms with van der Waals surface area (Å²) in [4.78, 5) is 2.35. The Morgan fingerprint density at radius 3 is 2.93 bits per heavy atom. The number of rotatable bonds is 0. The van der Waals surface area contributed by atoms with Crippen molar-refractivity contribution in [1.29, 1.82) is 0 Å². The second-order valence-electron chi connectivity index (χ2n) is 4.47. The first kappa shape index (κ1) is 10.3. The van der Waals surface area contributed by atoms with E-state index in [1.165, 1.54) is 11.1 Å². The first-order chi connectivity index (χ1) is 7.09. The molecule has 1 atom stereocenters. The molecule has 0 spiro atoms.